The SMILES string of the molecule is COc1cc(OC)c(Cl)c(-c2cc(Cn3ccnc3[N+](=O)[O-])on2)c1. The molecule has 10 heteroatoms. The molecule has 2 heterocycles. The molecule has 0 N–H and O–H groups in total. The zero-order chi connectivity index (χ0) is 18.0. The van der Waals surface area contributed by atoms with Crippen molar-refractivity contribution in [2.45, 2.75) is 6.54 Å². The average molecular weight is 365 g/mol. The summed E-state index contributed by atoms with van der Waals surface area (Å²) in [6.07, 6.45) is 2.83. The van der Waals surface area contributed by atoms with Crippen molar-refractivity contribution >= 4 is 17.5 Å². The van der Waals surface area contributed by atoms with E-state index in [0.717, 1.165) is 0 Å². The lowest BCUT2D eigenvalue weighted by Crippen LogP contribution is -2.03. The van der Waals surface area contributed by atoms with Gasteiger partial charge in [0, 0.05) is 17.7 Å². The van der Waals surface area contributed by atoms with E-state index in [1.165, 1.54) is 31.2 Å². The van der Waals surface area contributed by atoms with Gasteiger partial charge in [0.1, 0.15) is 36.1 Å². The highest BCUT2D eigenvalue weighted by molar-refractivity contribution is 6.34. The van der Waals surface area contributed by atoms with Crippen LogP contribution in [-0.4, -0.2) is 33.9 Å². The van der Waals surface area contributed by atoms with Gasteiger partial charge in [0.05, 0.1) is 19.2 Å². The number of nitro groups is 1. The Labute approximate surface area is 146 Å². The quantitative estimate of drug-likeness (QED) is 0.488. The number of rotatable bonds is 6. The summed E-state index contributed by atoms with van der Waals surface area (Å²) in [7, 11) is 3.02. The predicted octanol–water partition coefficient (Wildman–Crippen LogP) is 3.17. The van der Waals surface area contributed by atoms with Gasteiger partial charge in [0.25, 0.3) is 0 Å². The Balaban J connectivity index is 1.94. The maximum absolute atomic E-state index is 10.9. The second-order valence-electron chi connectivity index (χ2n) is 4.98. The highest BCUT2D eigenvalue weighted by atomic mass is 35.5. The molecule has 3 rings (SSSR count). The summed E-state index contributed by atoms with van der Waals surface area (Å²) in [5.41, 5.74) is 1.02. The molecule has 0 radical (unpaired) electrons. The first kappa shape index (κ1) is 16.8. The van der Waals surface area contributed by atoms with Crippen molar-refractivity contribution in [3.05, 3.63) is 51.5 Å². The molecule has 2 aromatic heterocycles. The number of benzene rings is 1. The fourth-order valence-corrected chi connectivity index (χ4v) is 2.59. The molecule has 0 atom stereocenters. The van der Waals surface area contributed by atoms with Gasteiger partial charge < -0.3 is 24.1 Å². The van der Waals surface area contributed by atoms with Crippen molar-refractivity contribution in [2.24, 2.45) is 0 Å². The molecular formula is C15H13ClN4O5. The molecule has 0 unspecified atom stereocenters. The molecule has 0 aliphatic carbocycles. The number of ether oxygens (including phenoxy) is 2. The highest BCUT2D eigenvalue weighted by Crippen LogP contribution is 2.38. The molecule has 25 heavy (non-hydrogen) atoms. The van der Waals surface area contributed by atoms with Crippen LogP contribution in [0.25, 0.3) is 11.3 Å². The lowest BCUT2D eigenvalue weighted by atomic mass is 10.1. The number of hydrogen-bond acceptors (Lipinski definition) is 7. The third-order valence-electron chi connectivity index (χ3n) is 3.49. The van der Waals surface area contributed by atoms with E-state index >= 15 is 0 Å². The Kier molecular flexibility index (Phi) is 4.57. The molecule has 0 amide bonds. The third kappa shape index (κ3) is 3.26. The third-order valence-corrected chi connectivity index (χ3v) is 3.88. The van der Waals surface area contributed by atoms with E-state index in [1.807, 2.05) is 0 Å². The summed E-state index contributed by atoms with van der Waals surface area (Å²) >= 11 is 6.32. The van der Waals surface area contributed by atoms with Crippen molar-refractivity contribution < 1.29 is 18.9 Å². The second kappa shape index (κ2) is 6.81. The first-order chi connectivity index (χ1) is 12.0. The smallest absolute Gasteiger partial charge is 0.434 e. The number of methoxy groups -OCH3 is 2. The molecule has 1 aromatic carbocycles. The topological polar surface area (TPSA) is 105 Å². The van der Waals surface area contributed by atoms with E-state index in [0.29, 0.717) is 33.5 Å². The number of aromatic nitrogens is 3. The van der Waals surface area contributed by atoms with Gasteiger partial charge in [0.2, 0.25) is 0 Å². The average Bonchev–Trinajstić information content (AvgIpc) is 3.25. The van der Waals surface area contributed by atoms with Crippen LogP contribution < -0.4 is 9.47 Å². The Morgan fingerprint density at radius 1 is 1.32 bits per heavy atom. The van der Waals surface area contributed by atoms with E-state index in [9.17, 15) is 10.1 Å². The summed E-state index contributed by atoms with van der Waals surface area (Å²) < 4.78 is 17.1. The molecule has 130 valence electrons. The van der Waals surface area contributed by atoms with E-state index in [1.54, 1.807) is 18.2 Å². The summed E-state index contributed by atoms with van der Waals surface area (Å²) in [6.45, 7) is 0.113. The fourth-order valence-electron chi connectivity index (χ4n) is 2.30. The lowest BCUT2D eigenvalue weighted by molar-refractivity contribution is -0.396. The predicted molar refractivity (Wildman–Crippen MR) is 88.0 cm³/mol. The monoisotopic (exact) mass is 364 g/mol. The van der Waals surface area contributed by atoms with Gasteiger partial charge in [-0.05, 0) is 11.0 Å². The van der Waals surface area contributed by atoms with Gasteiger partial charge in [-0.3, -0.25) is 0 Å². The standard InChI is InChI=1S/C15H13ClN4O5/c1-23-9-5-11(14(16)13(7-9)24-2)12-6-10(25-18-12)8-19-4-3-17-15(19)20(21)22/h3-7H,8H2,1-2H3. The summed E-state index contributed by atoms with van der Waals surface area (Å²) in [5, 5.41) is 15.3. The zero-order valence-electron chi connectivity index (χ0n) is 13.3. The van der Waals surface area contributed by atoms with E-state index in [2.05, 4.69) is 10.1 Å². The van der Waals surface area contributed by atoms with Crippen molar-refractivity contribution in [1.82, 2.24) is 14.7 Å². The largest absolute Gasteiger partial charge is 0.497 e. The summed E-state index contributed by atoms with van der Waals surface area (Å²) in [6, 6.07) is 5.00. The van der Waals surface area contributed by atoms with Crippen LogP contribution >= 0.6 is 11.6 Å². The molecule has 0 aliphatic heterocycles. The lowest BCUT2D eigenvalue weighted by Gasteiger charge is -2.09. The van der Waals surface area contributed by atoms with E-state index in [-0.39, 0.29) is 12.5 Å². The molecule has 9 nitrogen and oxygen atoms in total. The first-order valence-corrected chi connectivity index (χ1v) is 7.44. The van der Waals surface area contributed by atoms with Crippen LogP contribution in [0.15, 0.2) is 35.1 Å². The Morgan fingerprint density at radius 3 is 2.80 bits per heavy atom. The van der Waals surface area contributed by atoms with Crippen LogP contribution in [-0.2, 0) is 6.54 Å². The molecule has 0 aliphatic rings. The van der Waals surface area contributed by atoms with Gasteiger partial charge >= 0.3 is 5.95 Å². The number of hydrogen-bond donors (Lipinski definition) is 0. The highest BCUT2D eigenvalue weighted by Gasteiger charge is 2.19. The van der Waals surface area contributed by atoms with Crippen LogP contribution in [0.2, 0.25) is 5.02 Å². The van der Waals surface area contributed by atoms with Crippen molar-refractivity contribution in [2.75, 3.05) is 14.2 Å². The van der Waals surface area contributed by atoms with Crippen molar-refractivity contribution in [3.8, 4) is 22.8 Å². The normalized spacial score (nSPS) is 10.7. The zero-order valence-corrected chi connectivity index (χ0v) is 14.1. The van der Waals surface area contributed by atoms with Crippen LogP contribution in [0.1, 0.15) is 5.76 Å². The van der Waals surface area contributed by atoms with Crippen molar-refractivity contribution in [1.29, 1.82) is 0 Å². The van der Waals surface area contributed by atoms with Gasteiger partial charge in [-0.15, -0.1) is 0 Å². The van der Waals surface area contributed by atoms with Gasteiger partial charge in [0.15, 0.2) is 5.76 Å². The minimum Gasteiger partial charge on any atom is -0.497 e. The molecule has 0 saturated carbocycles. The molecule has 0 saturated heterocycles. The van der Waals surface area contributed by atoms with Crippen molar-refractivity contribution in [3.63, 3.8) is 0 Å². The van der Waals surface area contributed by atoms with Crippen LogP contribution in [0.4, 0.5) is 5.95 Å². The minimum absolute atomic E-state index is 0.113. The van der Waals surface area contributed by atoms with E-state index < -0.39 is 4.92 Å². The van der Waals surface area contributed by atoms with Crippen LogP contribution in [0.3, 0.4) is 0 Å². The minimum atomic E-state index is -0.568. The molecule has 3 aromatic rings. The van der Waals surface area contributed by atoms with E-state index in [4.69, 9.17) is 25.6 Å². The van der Waals surface area contributed by atoms with Gasteiger partial charge in [-0.2, -0.15) is 0 Å². The molecular weight excluding hydrogens is 352 g/mol. The number of nitrogens with zero attached hydrogens (tertiary/aromatic N) is 4. The maximum Gasteiger partial charge on any atom is 0.434 e. The Bertz CT molecular complexity index is 921. The number of imidazole rings is 1. The summed E-state index contributed by atoms with van der Waals surface area (Å²) in [4.78, 5) is 14.0. The maximum atomic E-state index is 10.9. The fraction of sp³-hybridized carbons (Fsp3) is 0.200. The molecule has 0 fully saturated rings. The molecule has 0 bridgehead atoms. The van der Waals surface area contributed by atoms with Gasteiger partial charge in [-0.1, -0.05) is 21.7 Å². The van der Waals surface area contributed by atoms with Crippen LogP contribution in [0.5, 0.6) is 11.5 Å². The molecule has 0 spiro atoms. The van der Waals surface area contributed by atoms with Crippen LogP contribution in [0, 0.1) is 10.1 Å². The number of halogens is 1. The summed E-state index contributed by atoms with van der Waals surface area (Å²) in [5.74, 6) is 1.12. The Hall–Kier alpha value is -3.07. The first-order valence-electron chi connectivity index (χ1n) is 7.06. The Morgan fingerprint density at radius 2 is 2.12 bits per heavy atom. The van der Waals surface area contributed by atoms with Gasteiger partial charge in [-0.25, -0.2) is 4.57 Å². The second-order valence-corrected chi connectivity index (χ2v) is 5.36.